The molecule has 5 rings (SSSR count). The van der Waals surface area contributed by atoms with Gasteiger partial charge in [-0.15, -0.1) is 0 Å². The normalized spacial score (nSPS) is 14.6. The fourth-order valence-electron chi connectivity index (χ4n) is 4.10. The molecule has 29 heavy (non-hydrogen) atoms. The number of hydrogen-bond donors (Lipinski definition) is 0. The van der Waals surface area contributed by atoms with Crippen LogP contribution in [0.1, 0.15) is 37.1 Å². The van der Waals surface area contributed by atoms with E-state index in [1.54, 1.807) is 11.3 Å². The van der Waals surface area contributed by atoms with Crippen molar-refractivity contribution in [3.63, 3.8) is 0 Å². The van der Waals surface area contributed by atoms with Crippen molar-refractivity contribution in [2.75, 3.05) is 18.0 Å². The highest BCUT2D eigenvalue weighted by Gasteiger charge is 2.24. The van der Waals surface area contributed by atoms with Crippen LogP contribution in [0.15, 0.2) is 54.7 Å². The third-order valence-electron chi connectivity index (χ3n) is 5.64. The summed E-state index contributed by atoms with van der Waals surface area (Å²) in [5.74, 6) is 0. The second kappa shape index (κ2) is 7.48. The molecule has 146 valence electrons. The second-order valence-electron chi connectivity index (χ2n) is 7.33. The minimum atomic E-state index is 0.942. The number of aryl methyl sites for hydroxylation is 1. The zero-order chi connectivity index (χ0) is 19.8. The van der Waals surface area contributed by atoms with Crippen molar-refractivity contribution in [2.24, 2.45) is 0 Å². The summed E-state index contributed by atoms with van der Waals surface area (Å²) in [4.78, 5) is 7.18. The number of allylic oxidation sites excluding steroid dienone is 1. The van der Waals surface area contributed by atoms with Crippen LogP contribution in [-0.4, -0.2) is 27.9 Å². The first-order valence-corrected chi connectivity index (χ1v) is 11.1. The Kier molecular flexibility index (Phi) is 4.68. The number of nitrogens with zero attached hydrogens (tertiary/aromatic N) is 4. The zero-order valence-electron chi connectivity index (χ0n) is 16.8. The van der Waals surface area contributed by atoms with E-state index in [0.717, 1.165) is 36.6 Å². The van der Waals surface area contributed by atoms with Gasteiger partial charge in [-0.1, -0.05) is 35.6 Å². The van der Waals surface area contributed by atoms with Crippen LogP contribution in [0.4, 0.5) is 5.69 Å². The lowest BCUT2D eigenvalue weighted by Crippen LogP contribution is -2.21. The Labute approximate surface area is 175 Å². The molecule has 0 radical (unpaired) electrons. The smallest absolute Gasteiger partial charge is 0.212 e. The summed E-state index contributed by atoms with van der Waals surface area (Å²) in [6.45, 7) is 6.45. The van der Waals surface area contributed by atoms with Crippen LogP contribution in [0.25, 0.3) is 27.0 Å². The maximum Gasteiger partial charge on any atom is 0.212 e. The summed E-state index contributed by atoms with van der Waals surface area (Å²) in [5, 5.41) is 5.61. The molecule has 0 N–H and O–H groups in total. The molecule has 1 aliphatic rings. The maximum absolute atomic E-state index is 4.81. The van der Waals surface area contributed by atoms with Crippen molar-refractivity contribution < 1.29 is 0 Å². The molecule has 4 aromatic rings. The zero-order valence-corrected chi connectivity index (χ0v) is 17.6. The number of benzene rings is 2. The number of hydrogen-bond acceptors (Lipinski definition) is 4. The maximum atomic E-state index is 4.81. The van der Waals surface area contributed by atoms with Gasteiger partial charge >= 0.3 is 0 Å². The molecule has 0 spiro atoms. The average molecular weight is 401 g/mol. The molecule has 0 saturated carbocycles. The van der Waals surface area contributed by atoms with E-state index in [2.05, 4.69) is 72.4 Å². The minimum Gasteiger partial charge on any atom is -0.372 e. The molecule has 0 unspecified atom stereocenters. The molecule has 2 aromatic carbocycles. The molecule has 4 nitrogen and oxygen atoms in total. The van der Waals surface area contributed by atoms with Gasteiger partial charge in [0.1, 0.15) is 0 Å². The van der Waals surface area contributed by atoms with Gasteiger partial charge in [0, 0.05) is 18.8 Å². The largest absolute Gasteiger partial charge is 0.372 e. The first-order chi connectivity index (χ1) is 14.3. The van der Waals surface area contributed by atoms with Gasteiger partial charge in [0.2, 0.25) is 5.13 Å². The number of rotatable bonds is 5. The van der Waals surface area contributed by atoms with Crippen molar-refractivity contribution in [3.8, 4) is 5.13 Å². The van der Waals surface area contributed by atoms with Crippen LogP contribution >= 0.6 is 11.3 Å². The van der Waals surface area contributed by atoms with E-state index in [1.165, 1.54) is 32.8 Å². The molecule has 0 amide bonds. The Morgan fingerprint density at radius 2 is 1.83 bits per heavy atom. The summed E-state index contributed by atoms with van der Waals surface area (Å²) < 4.78 is 3.23. The highest BCUT2D eigenvalue weighted by Crippen LogP contribution is 2.36. The van der Waals surface area contributed by atoms with Crippen molar-refractivity contribution in [1.82, 2.24) is 14.8 Å². The van der Waals surface area contributed by atoms with E-state index < -0.39 is 0 Å². The molecule has 1 aliphatic carbocycles. The Morgan fingerprint density at radius 3 is 2.59 bits per heavy atom. The molecular formula is C24H24N4S. The summed E-state index contributed by atoms with van der Waals surface area (Å²) >= 11 is 1.70. The van der Waals surface area contributed by atoms with Crippen LogP contribution in [0.5, 0.6) is 0 Å². The van der Waals surface area contributed by atoms with Gasteiger partial charge in [0.15, 0.2) is 0 Å². The predicted octanol–water partition coefficient (Wildman–Crippen LogP) is 5.82. The van der Waals surface area contributed by atoms with Gasteiger partial charge in [-0.25, -0.2) is 9.67 Å². The van der Waals surface area contributed by atoms with Crippen LogP contribution in [0.3, 0.4) is 0 Å². The second-order valence-corrected chi connectivity index (χ2v) is 8.34. The quantitative estimate of drug-likeness (QED) is 0.424. The van der Waals surface area contributed by atoms with Gasteiger partial charge in [-0.2, -0.15) is 5.10 Å². The fraction of sp³-hybridized carbons (Fsp3) is 0.250. The first kappa shape index (κ1) is 18.1. The third kappa shape index (κ3) is 3.25. The highest BCUT2D eigenvalue weighted by molar-refractivity contribution is 7.20. The average Bonchev–Trinajstić information content (AvgIpc) is 3.45. The van der Waals surface area contributed by atoms with Gasteiger partial charge in [-0.3, -0.25) is 0 Å². The first-order valence-electron chi connectivity index (χ1n) is 10.3. The van der Waals surface area contributed by atoms with E-state index in [9.17, 15) is 0 Å². The van der Waals surface area contributed by atoms with Crippen molar-refractivity contribution in [2.45, 2.75) is 26.7 Å². The lowest BCUT2D eigenvalue weighted by atomic mass is 10.1. The van der Waals surface area contributed by atoms with Gasteiger partial charge in [0.05, 0.1) is 22.1 Å². The van der Waals surface area contributed by atoms with Gasteiger partial charge in [-0.05, 0) is 73.7 Å². The van der Waals surface area contributed by atoms with Crippen LogP contribution < -0.4 is 4.90 Å². The van der Waals surface area contributed by atoms with Crippen molar-refractivity contribution in [1.29, 1.82) is 0 Å². The monoisotopic (exact) mass is 400 g/mol. The molecular weight excluding hydrogens is 376 g/mol. The molecule has 2 heterocycles. The van der Waals surface area contributed by atoms with E-state index in [0.29, 0.717) is 0 Å². The number of fused-ring (bicyclic) bond motifs is 2. The predicted molar refractivity (Wildman–Crippen MR) is 123 cm³/mol. The van der Waals surface area contributed by atoms with E-state index >= 15 is 0 Å². The van der Waals surface area contributed by atoms with Crippen LogP contribution in [-0.2, 0) is 6.42 Å². The molecule has 5 heteroatoms. The number of thiazole rings is 1. The number of anilines is 1. The van der Waals surface area contributed by atoms with Crippen LogP contribution in [0.2, 0.25) is 0 Å². The molecule has 0 fully saturated rings. The molecule has 2 aromatic heterocycles. The SMILES string of the molecule is CCN(CC)c1ccc(C=C2CCc3cnn(-c4nc5ccccc5s4)c32)cc1. The Morgan fingerprint density at radius 1 is 1.03 bits per heavy atom. The Hall–Kier alpha value is -2.92. The van der Waals surface area contributed by atoms with E-state index in [1.807, 2.05) is 16.9 Å². The van der Waals surface area contributed by atoms with E-state index in [-0.39, 0.29) is 0 Å². The number of aromatic nitrogens is 3. The topological polar surface area (TPSA) is 34.0 Å². The third-order valence-corrected chi connectivity index (χ3v) is 6.65. The summed E-state index contributed by atoms with van der Waals surface area (Å²) in [7, 11) is 0. The highest BCUT2D eigenvalue weighted by atomic mass is 32.1. The summed E-state index contributed by atoms with van der Waals surface area (Å²) in [6.07, 6.45) is 6.41. The number of para-hydroxylation sites is 1. The summed E-state index contributed by atoms with van der Waals surface area (Å²) in [6, 6.07) is 17.2. The molecule has 0 saturated heterocycles. The molecule has 0 atom stereocenters. The van der Waals surface area contributed by atoms with E-state index in [4.69, 9.17) is 4.98 Å². The molecule has 0 bridgehead atoms. The van der Waals surface area contributed by atoms with Gasteiger partial charge < -0.3 is 4.90 Å². The molecule has 0 aliphatic heterocycles. The van der Waals surface area contributed by atoms with Crippen LogP contribution in [0, 0.1) is 0 Å². The lowest BCUT2D eigenvalue weighted by Gasteiger charge is -2.20. The standard InChI is InChI=1S/C24H24N4S/c1-3-27(4-2)20-13-9-17(10-14-20)15-18-11-12-19-16-25-28(23(18)19)24-26-21-7-5-6-8-22(21)29-24/h5-10,13-16H,3-4,11-12H2,1-2H3. The Bertz CT molecular complexity index is 1150. The Balaban J connectivity index is 1.50. The lowest BCUT2D eigenvalue weighted by molar-refractivity contribution is 0.858. The van der Waals surface area contributed by atoms with Crippen molar-refractivity contribution in [3.05, 3.63) is 71.5 Å². The minimum absolute atomic E-state index is 0.942. The fourth-order valence-corrected chi connectivity index (χ4v) is 5.03. The van der Waals surface area contributed by atoms with Crippen molar-refractivity contribution >= 4 is 38.9 Å². The summed E-state index contributed by atoms with van der Waals surface area (Å²) in [5.41, 5.74) is 7.43. The van der Waals surface area contributed by atoms with Gasteiger partial charge in [0.25, 0.3) is 0 Å².